The van der Waals surface area contributed by atoms with Crippen LogP contribution in [0.2, 0.25) is 0 Å². The van der Waals surface area contributed by atoms with Crippen LogP contribution >= 0.6 is 0 Å². The summed E-state index contributed by atoms with van der Waals surface area (Å²) in [6.45, 7) is 6.51. The Morgan fingerprint density at radius 1 is 1.19 bits per heavy atom. The highest BCUT2D eigenvalue weighted by Crippen LogP contribution is 2.22. The molecule has 0 aromatic heterocycles. The lowest BCUT2D eigenvalue weighted by molar-refractivity contribution is 0.104. The normalized spacial score (nSPS) is 14.3. The molecule has 140 valence electrons. The van der Waals surface area contributed by atoms with E-state index in [4.69, 9.17) is 9.47 Å². The van der Waals surface area contributed by atoms with E-state index in [1.807, 2.05) is 29.2 Å². The maximum atomic E-state index is 14.4. The van der Waals surface area contributed by atoms with Gasteiger partial charge < -0.3 is 14.4 Å². The predicted molar refractivity (Wildman–Crippen MR) is 105 cm³/mol. The zero-order valence-corrected chi connectivity index (χ0v) is 15.1. The van der Waals surface area contributed by atoms with Crippen LogP contribution in [0.3, 0.4) is 0 Å². The molecule has 0 saturated carbocycles. The van der Waals surface area contributed by atoms with Crippen molar-refractivity contribution in [1.29, 1.82) is 0 Å². The molecule has 5 heteroatoms. The molecule has 0 N–H and O–H groups in total. The van der Waals surface area contributed by atoms with E-state index in [1.54, 1.807) is 24.3 Å². The number of hydrogen-bond acceptors (Lipinski definition) is 4. The number of morpholine rings is 1. The number of nitrogens with zero attached hydrogens (tertiary/aromatic N) is 1. The number of allylic oxidation sites excluding steroid dienone is 1. The van der Waals surface area contributed by atoms with Gasteiger partial charge in [-0.1, -0.05) is 30.9 Å². The van der Waals surface area contributed by atoms with Crippen LogP contribution in [-0.2, 0) is 4.74 Å². The van der Waals surface area contributed by atoms with E-state index >= 15 is 0 Å². The quantitative estimate of drug-likeness (QED) is 0.419. The molecule has 4 nitrogen and oxygen atoms in total. The van der Waals surface area contributed by atoms with Gasteiger partial charge in [-0.15, -0.1) is 0 Å². The lowest BCUT2D eigenvalue weighted by Crippen LogP contribution is -2.36. The van der Waals surface area contributed by atoms with E-state index in [0.717, 1.165) is 11.3 Å². The van der Waals surface area contributed by atoms with Gasteiger partial charge in [0.05, 0.1) is 18.9 Å². The van der Waals surface area contributed by atoms with E-state index in [-0.39, 0.29) is 11.6 Å². The van der Waals surface area contributed by atoms with Crippen LogP contribution in [0.5, 0.6) is 5.75 Å². The first-order valence-corrected chi connectivity index (χ1v) is 8.86. The van der Waals surface area contributed by atoms with Crippen molar-refractivity contribution in [1.82, 2.24) is 0 Å². The van der Waals surface area contributed by atoms with Gasteiger partial charge in [0.25, 0.3) is 0 Å². The average Bonchev–Trinajstić information content (AvgIpc) is 2.71. The van der Waals surface area contributed by atoms with E-state index in [9.17, 15) is 9.18 Å². The van der Waals surface area contributed by atoms with Crippen molar-refractivity contribution in [3.63, 3.8) is 0 Å². The molecule has 0 spiro atoms. The molecule has 3 rings (SSSR count). The Balaban J connectivity index is 1.65. The van der Waals surface area contributed by atoms with Crippen LogP contribution in [0.15, 0.2) is 61.2 Å². The van der Waals surface area contributed by atoms with Crippen LogP contribution in [-0.4, -0.2) is 38.7 Å². The lowest BCUT2D eigenvalue weighted by atomic mass is 10.1. The van der Waals surface area contributed by atoms with Gasteiger partial charge in [-0.3, -0.25) is 4.79 Å². The highest BCUT2D eigenvalue weighted by atomic mass is 19.1. The van der Waals surface area contributed by atoms with Crippen LogP contribution in [0.1, 0.15) is 15.9 Å². The van der Waals surface area contributed by atoms with Gasteiger partial charge in [-0.2, -0.15) is 0 Å². The summed E-state index contributed by atoms with van der Waals surface area (Å²) in [4.78, 5) is 14.3. The number of rotatable bonds is 7. The molecule has 2 aromatic carbocycles. The van der Waals surface area contributed by atoms with Gasteiger partial charge in [-0.25, -0.2) is 4.39 Å². The molecular weight excluding hydrogens is 345 g/mol. The van der Waals surface area contributed by atoms with Crippen molar-refractivity contribution in [3.05, 3.63) is 78.1 Å². The van der Waals surface area contributed by atoms with Gasteiger partial charge in [-0.05, 0) is 42.0 Å². The Labute approximate surface area is 158 Å². The monoisotopic (exact) mass is 367 g/mol. The Hall–Kier alpha value is -2.92. The molecule has 1 aliphatic heterocycles. The Morgan fingerprint density at radius 3 is 2.59 bits per heavy atom. The number of benzene rings is 2. The number of carbonyl (C=O) groups excluding carboxylic acids is 1. The third-order valence-electron chi connectivity index (χ3n) is 4.26. The molecule has 1 aliphatic rings. The predicted octanol–water partition coefficient (Wildman–Crippen LogP) is 4.12. The van der Waals surface area contributed by atoms with E-state index < -0.39 is 0 Å². The van der Waals surface area contributed by atoms with E-state index in [2.05, 4.69) is 6.58 Å². The van der Waals surface area contributed by atoms with Crippen molar-refractivity contribution >= 4 is 17.5 Å². The minimum Gasteiger partial charge on any atom is -0.490 e. The SMILES string of the molecule is C=CCOc1ccc(C=CC(=O)c2ccc(N3CCOCC3)c(F)c2)cc1. The molecular formula is C22H22FNO3. The lowest BCUT2D eigenvalue weighted by Gasteiger charge is -2.29. The summed E-state index contributed by atoms with van der Waals surface area (Å²) in [6.07, 6.45) is 4.83. The number of carbonyl (C=O) groups is 1. The molecule has 0 radical (unpaired) electrons. The van der Waals surface area contributed by atoms with Gasteiger partial charge in [0.15, 0.2) is 5.78 Å². The number of hydrogen-bond donors (Lipinski definition) is 0. The van der Waals surface area contributed by atoms with Gasteiger partial charge in [0.2, 0.25) is 0 Å². The molecule has 1 saturated heterocycles. The van der Waals surface area contributed by atoms with Gasteiger partial charge in [0.1, 0.15) is 18.2 Å². The molecule has 2 aromatic rings. The fraction of sp³-hybridized carbons (Fsp3) is 0.227. The first-order chi connectivity index (χ1) is 13.2. The highest BCUT2D eigenvalue weighted by molar-refractivity contribution is 6.07. The first kappa shape index (κ1) is 18.9. The summed E-state index contributed by atoms with van der Waals surface area (Å²) in [5.74, 6) is 0.105. The number of ether oxygens (including phenoxy) is 2. The summed E-state index contributed by atoms with van der Waals surface area (Å²) in [5.41, 5.74) is 1.69. The Bertz CT molecular complexity index is 824. The van der Waals surface area contributed by atoms with Crippen LogP contribution < -0.4 is 9.64 Å². The Morgan fingerprint density at radius 2 is 1.93 bits per heavy atom. The molecule has 0 bridgehead atoms. The van der Waals surface area contributed by atoms with Crippen LogP contribution in [0.4, 0.5) is 10.1 Å². The summed E-state index contributed by atoms with van der Waals surface area (Å²) >= 11 is 0. The summed E-state index contributed by atoms with van der Waals surface area (Å²) in [5, 5.41) is 0. The average molecular weight is 367 g/mol. The van der Waals surface area contributed by atoms with Crippen molar-refractivity contribution in [3.8, 4) is 5.75 Å². The number of anilines is 1. The molecule has 1 fully saturated rings. The zero-order valence-electron chi connectivity index (χ0n) is 15.1. The highest BCUT2D eigenvalue weighted by Gasteiger charge is 2.16. The Kier molecular flexibility index (Phi) is 6.39. The van der Waals surface area contributed by atoms with Crippen LogP contribution in [0, 0.1) is 5.82 Å². The topological polar surface area (TPSA) is 38.8 Å². The van der Waals surface area contributed by atoms with Gasteiger partial charge >= 0.3 is 0 Å². The first-order valence-electron chi connectivity index (χ1n) is 8.86. The molecule has 1 heterocycles. The third kappa shape index (κ3) is 5.05. The molecule has 27 heavy (non-hydrogen) atoms. The van der Waals surface area contributed by atoms with Crippen LogP contribution in [0.25, 0.3) is 6.08 Å². The molecule has 0 unspecified atom stereocenters. The minimum absolute atomic E-state index is 0.241. The molecule has 0 amide bonds. The second-order valence-corrected chi connectivity index (χ2v) is 6.13. The van der Waals surface area contributed by atoms with Crippen molar-refractivity contribution < 1.29 is 18.7 Å². The largest absolute Gasteiger partial charge is 0.490 e. The fourth-order valence-corrected chi connectivity index (χ4v) is 2.82. The zero-order chi connectivity index (χ0) is 19.1. The van der Waals surface area contributed by atoms with E-state index in [1.165, 1.54) is 12.1 Å². The number of halogens is 1. The van der Waals surface area contributed by atoms with Crippen molar-refractivity contribution in [2.24, 2.45) is 0 Å². The van der Waals surface area contributed by atoms with Gasteiger partial charge in [0, 0.05) is 18.7 Å². The fourth-order valence-electron chi connectivity index (χ4n) is 2.82. The maximum Gasteiger partial charge on any atom is 0.185 e. The maximum absolute atomic E-state index is 14.4. The summed E-state index contributed by atoms with van der Waals surface area (Å²) < 4.78 is 25.1. The summed E-state index contributed by atoms with van der Waals surface area (Å²) in [6, 6.07) is 12.0. The number of ketones is 1. The van der Waals surface area contributed by atoms with E-state index in [0.29, 0.717) is 44.2 Å². The van der Waals surface area contributed by atoms with Crippen molar-refractivity contribution in [2.75, 3.05) is 37.8 Å². The second-order valence-electron chi connectivity index (χ2n) is 6.13. The summed E-state index contributed by atoms with van der Waals surface area (Å²) in [7, 11) is 0. The second kappa shape index (κ2) is 9.14. The third-order valence-corrected chi connectivity index (χ3v) is 4.26. The molecule has 0 aliphatic carbocycles. The molecule has 0 atom stereocenters. The smallest absolute Gasteiger partial charge is 0.185 e. The van der Waals surface area contributed by atoms with Crippen molar-refractivity contribution in [2.45, 2.75) is 0 Å². The minimum atomic E-state index is -0.389. The standard InChI is InChI=1S/C22H22FNO3/c1-2-13-27-19-7-3-17(4-8-19)5-10-22(25)18-6-9-21(20(23)16-18)24-11-14-26-15-12-24/h2-10,16H,1,11-15H2.